The summed E-state index contributed by atoms with van der Waals surface area (Å²) in [5.41, 5.74) is 1.51. The zero-order valence-electron chi connectivity index (χ0n) is 11.4. The van der Waals surface area contributed by atoms with Crippen molar-refractivity contribution in [3.8, 4) is 5.75 Å². The van der Waals surface area contributed by atoms with E-state index in [2.05, 4.69) is 11.9 Å². The summed E-state index contributed by atoms with van der Waals surface area (Å²) in [5.74, 6) is 0.738. The van der Waals surface area contributed by atoms with Gasteiger partial charge in [0, 0.05) is 17.2 Å². The Kier molecular flexibility index (Phi) is 4.61. The van der Waals surface area contributed by atoms with E-state index in [4.69, 9.17) is 4.74 Å². The maximum Gasteiger partial charge on any atom is 0.251 e. The van der Waals surface area contributed by atoms with Crippen LogP contribution in [0.25, 0.3) is 6.08 Å². The molecule has 0 aromatic heterocycles. The molecule has 0 saturated heterocycles. The standard InChI is InChI=1S/C16H21NO2/c1-3-12-11-13(9-10-15(12)19-2)16(18)17-14-7-5-4-6-8-14/h3,9-11,14H,1,4-8H2,2H3,(H,17,18). The predicted octanol–water partition coefficient (Wildman–Crippen LogP) is 3.40. The fraction of sp³-hybridized carbons (Fsp3) is 0.438. The maximum atomic E-state index is 12.2. The first-order valence-corrected chi connectivity index (χ1v) is 6.86. The van der Waals surface area contributed by atoms with Crippen LogP contribution in [0.15, 0.2) is 24.8 Å². The van der Waals surface area contributed by atoms with Gasteiger partial charge in [0.25, 0.3) is 5.91 Å². The number of hydrogen-bond acceptors (Lipinski definition) is 2. The first-order valence-electron chi connectivity index (χ1n) is 6.86. The number of ether oxygens (including phenoxy) is 1. The minimum atomic E-state index is -0.00217. The van der Waals surface area contributed by atoms with Crippen molar-refractivity contribution < 1.29 is 9.53 Å². The van der Waals surface area contributed by atoms with Crippen LogP contribution in [0, 0.1) is 0 Å². The summed E-state index contributed by atoms with van der Waals surface area (Å²) < 4.78 is 5.22. The minimum Gasteiger partial charge on any atom is -0.496 e. The normalized spacial score (nSPS) is 15.8. The second-order valence-corrected chi connectivity index (χ2v) is 4.97. The zero-order chi connectivity index (χ0) is 13.7. The van der Waals surface area contributed by atoms with Gasteiger partial charge in [-0.05, 0) is 31.0 Å². The largest absolute Gasteiger partial charge is 0.496 e. The highest BCUT2D eigenvalue weighted by atomic mass is 16.5. The Morgan fingerprint density at radius 1 is 1.37 bits per heavy atom. The topological polar surface area (TPSA) is 38.3 Å². The Bertz CT molecular complexity index is 462. The van der Waals surface area contributed by atoms with Crippen molar-refractivity contribution in [2.24, 2.45) is 0 Å². The van der Waals surface area contributed by atoms with Crippen LogP contribution in [-0.4, -0.2) is 19.1 Å². The van der Waals surface area contributed by atoms with Crippen LogP contribution in [0.3, 0.4) is 0 Å². The molecule has 3 heteroatoms. The van der Waals surface area contributed by atoms with Crippen LogP contribution in [0.1, 0.15) is 48.0 Å². The van der Waals surface area contributed by atoms with Crippen LogP contribution in [0.4, 0.5) is 0 Å². The van der Waals surface area contributed by atoms with Gasteiger partial charge in [-0.15, -0.1) is 0 Å². The molecule has 19 heavy (non-hydrogen) atoms. The van der Waals surface area contributed by atoms with Gasteiger partial charge in [-0.3, -0.25) is 4.79 Å². The highest BCUT2D eigenvalue weighted by Crippen LogP contribution is 2.22. The maximum absolute atomic E-state index is 12.2. The molecular formula is C16H21NO2. The molecule has 0 aliphatic heterocycles. The molecule has 1 fully saturated rings. The van der Waals surface area contributed by atoms with E-state index in [0.29, 0.717) is 11.6 Å². The zero-order valence-corrected chi connectivity index (χ0v) is 11.4. The van der Waals surface area contributed by atoms with Gasteiger partial charge in [0.1, 0.15) is 5.75 Å². The lowest BCUT2D eigenvalue weighted by atomic mass is 9.95. The van der Waals surface area contributed by atoms with E-state index in [1.165, 1.54) is 19.3 Å². The van der Waals surface area contributed by atoms with E-state index >= 15 is 0 Å². The van der Waals surface area contributed by atoms with Crippen molar-refractivity contribution in [1.29, 1.82) is 0 Å². The molecule has 0 unspecified atom stereocenters. The molecule has 2 rings (SSSR count). The summed E-state index contributed by atoms with van der Waals surface area (Å²) in [5, 5.41) is 3.11. The minimum absolute atomic E-state index is 0.00217. The quantitative estimate of drug-likeness (QED) is 0.900. The van der Waals surface area contributed by atoms with Gasteiger partial charge in [0.05, 0.1) is 7.11 Å². The van der Waals surface area contributed by atoms with E-state index in [0.717, 1.165) is 24.2 Å². The van der Waals surface area contributed by atoms with Gasteiger partial charge in [0.2, 0.25) is 0 Å². The fourth-order valence-electron chi connectivity index (χ4n) is 2.55. The Morgan fingerprint density at radius 2 is 2.11 bits per heavy atom. The summed E-state index contributed by atoms with van der Waals surface area (Å²) in [6, 6.07) is 5.76. The van der Waals surface area contributed by atoms with Crippen LogP contribution >= 0.6 is 0 Å². The highest BCUT2D eigenvalue weighted by molar-refractivity contribution is 5.95. The van der Waals surface area contributed by atoms with Crippen LogP contribution in [0.2, 0.25) is 0 Å². The van der Waals surface area contributed by atoms with Gasteiger partial charge in [0.15, 0.2) is 0 Å². The van der Waals surface area contributed by atoms with E-state index in [1.807, 2.05) is 12.1 Å². The molecule has 0 spiro atoms. The molecule has 102 valence electrons. The molecule has 1 saturated carbocycles. The molecular weight excluding hydrogens is 238 g/mol. The average molecular weight is 259 g/mol. The highest BCUT2D eigenvalue weighted by Gasteiger charge is 2.17. The van der Waals surface area contributed by atoms with Gasteiger partial charge in [-0.1, -0.05) is 31.9 Å². The van der Waals surface area contributed by atoms with Gasteiger partial charge in [-0.2, -0.15) is 0 Å². The van der Waals surface area contributed by atoms with Crippen LogP contribution in [0.5, 0.6) is 5.75 Å². The number of carbonyl (C=O) groups excluding carboxylic acids is 1. The van der Waals surface area contributed by atoms with Crippen molar-refractivity contribution in [3.63, 3.8) is 0 Å². The fourth-order valence-corrected chi connectivity index (χ4v) is 2.55. The summed E-state index contributed by atoms with van der Waals surface area (Å²) in [6.07, 6.45) is 7.61. The first kappa shape index (κ1) is 13.7. The molecule has 1 aliphatic carbocycles. The summed E-state index contributed by atoms with van der Waals surface area (Å²) >= 11 is 0. The molecule has 1 aliphatic rings. The molecule has 0 bridgehead atoms. The molecule has 1 aromatic carbocycles. The lowest BCUT2D eigenvalue weighted by Crippen LogP contribution is -2.36. The van der Waals surface area contributed by atoms with Crippen LogP contribution in [-0.2, 0) is 0 Å². The summed E-state index contributed by atoms with van der Waals surface area (Å²) in [7, 11) is 1.62. The second kappa shape index (κ2) is 6.41. The van der Waals surface area contributed by atoms with Crippen molar-refractivity contribution in [3.05, 3.63) is 35.9 Å². The molecule has 0 heterocycles. The van der Waals surface area contributed by atoms with E-state index in [9.17, 15) is 4.79 Å². The van der Waals surface area contributed by atoms with Gasteiger partial charge < -0.3 is 10.1 Å². The number of amides is 1. The number of methoxy groups -OCH3 is 1. The Hall–Kier alpha value is -1.77. The van der Waals surface area contributed by atoms with E-state index in [-0.39, 0.29) is 5.91 Å². The third-order valence-corrected chi connectivity index (χ3v) is 3.65. The Morgan fingerprint density at radius 3 is 2.74 bits per heavy atom. The number of rotatable bonds is 4. The number of nitrogens with one attached hydrogen (secondary N) is 1. The summed E-state index contributed by atoms with van der Waals surface area (Å²) in [4.78, 5) is 12.2. The average Bonchev–Trinajstić information content (AvgIpc) is 2.47. The van der Waals surface area contributed by atoms with Crippen molar-refractivity contribution in [2.75, 3.05) is 7.11 Å². The Labute approximate surface area is 114 Å². The SMILES string of the molecule is C=Cc1cc(C(=O)NC2CCCCC2)ccc1OC. The summed E-state index contributed by atoms with van der Waals surface area (Å²) in [6.45, 7) is 3.74. The first-order chi connectivity index (χ1) is 9.24. The molecule has 1 amide bonds. The van der Waals surface area contributed by atoms with Crippen molar-refractivity contribution >= 4 is 12.0 Å². The van der Waals surface area contributed by atoms with Gasteiger partial charge in [-0.25, -0.2) is 0 Å². The molecule has 1 N–H and O–H groups in total. The lowest BCUT2D eigenvalue weighted by molar-refractivity contribution is 0.0927. The molecule has 1 aromatic rings. The Balaban J connectivity index is 2.07. The monoisotopic (exact) mass is 259 g/mol. The lowest BCUT2D eigenvalue weighted by Gasteiger charge is -2.22. The van der Waals surface area contributed by atoms with E-state index < -0.39 is 0 Å². The van der Waals surface area contributed by atoms with Gasteiger partial charge >= 0.3 is 0 Å². The second-order valence-electron chi connectivity index (χ2n) is 4.97. The number of benzene rings is 1. The molecule has 0 radical (unpaired) electrons. The van der Waals surface area contributed by atoms with Crippen molar-refractivity contribution in [2.45, 2.75) is 38.1 Å². The predicted molar refractivity (Wildman–Crippen MR) is 77.4 cm³/mol. The van der Waals surface area contributed by atoms with Crippen LogP contribution < -0.4 is 10.1 Å². The van der Waals surface area contributed by atoms with Crippen molar-refractivity contribution in [1.82, 2.24) is 5.32 Å². The molecule has 0 atom stereocenters. The third-order valence-electron chi connectivity index (χ3n) is 3.65. The number of carbonyl (C=O) groups is 1. The smallest absolute Gasteiger partial charge is 0.251 e. The van der Waals surface area contributed by atoms with E-state index in [1.54, 1.807) is 19.3 Å². The third kappa shape index (κ3) is 3.37. The molecule has 3 nitrogen and oxygen atoms in total. The number of hydrogen-bond donors (Lipinski definition) is 1.